The molecule has 29 heavy (non-hydrogen) atoms. The van der Waals surface area contributed by atoms with Gasteiger partial charge < -0.3 is 24.0 Å². The Morgan fingerprint density at radius 3 is 2.69 bits per heavy atom. The topological polar surface area (TPSA) is 85.4 Å². The lowest BCUT2D eigenvalue weighted by atomic mass is 10.2. The number of aromatic nitrogens is 3. The summed E-state index contributed by atoms with van der Waals surface area (Å²) in [5, 5.41) is 7.22. The van der Waals surface area contributed by atoms with Crippen molar-refractivity contribution in [3.05, 3.63) is 47.7 Å². The zero-order valence-corrected chi connectivity index (χ0v) is 16.7. The van der Waals surface area contributed by atoms with Crippen molar-refractivity contribution in [1.29, 1.82) is 0 Å². The summed E-state index contributed by atoms with van der Waals surface area (Å²) < 4.78 is 12.5. The first kappa shape index (κ1) is 19.0. The minimum absolute atomic E-state index is 0.0669. The molecule has 4 rings (SSSR count). The molecular weight excluding hydrogens is 370 g/mol. The van der Waals surface area contributed by atoms with Gasteiger partial charge in [-0.2, -0.15) is 4.98 Å². The molecule has 0 spiro atoms. The molecule has 3 heterocycles. The van der Waals surface area contributed by atoms with Crippen LogP contribution in [0.25, 0.3) is 11.5 Å². The number of hydrogen-bond acceptors (Lipinski definition) is 6. The van der Waals surface area contributed by atoms with Crippen molar-refractivity contribution in [1.82, 2.24) is 19.6 Å². The van der Waals surface area contributed by atoms with Gasteiger partial charge >= 0.3 is 6.01 Å². The summed E-state index contributed by atoms with van der Waals surface area (Å²) in [7, 11) is 1.64. The van der Waals surface area contributed by atoms with Crippen LogP contribution in [-0.4, -0.2) is 45.7 Å². The zero-order chi connectivity index (χ0) is 20.2. The fourth-order valence-corrected chi connectivity index (χ4v) is 3.46. The van der Waals surface area contributed by atoms with E-state index in [2.05, 4.69) is 22.4 Å². The summed E-state index contributed by atoms with van der Waals surface area (Å²) in [4.78, 5) is 19.1. The number of rotatable bonds is 8. The number of ether oxygens (including phenoxy) is 1. The summed E-state index contributed by atoms with van der Waals surface area (Å²) in [5.74, 6) is 1.36. The highest BCUT2D eigenvalue weighted by atomic mass is 16.5. The molecule has 0 saturated carbocycles. The molecule has 0 saturated heterocycles. The number of hydrogen-bond donors (Lipinski definition) is 1. The maximum Gasteiger partial charge on any atom is 0.322 e. The highest BCUT2D eigenvalue weighted by Crippen LogP contribution is 2.25. The van der Waals surface area contributed by atoms with Gasteiger partial charge in [0.05, 0.1) is 12.8 Å². The highest BCUT2D eigenvalue weighted by molar-refractivity contribution is 5.94. The molecule has 2 aromatic heterocycles. The Hall–Kier alpha value is -3.29. The molecule has 8 heteroatoms. The summed E-state index contributed by atoms with van der Waals surface area (Å²) in [6.45, 7) is 4.93. The molecule has 3 aromatic rings. The average Bonchev–Trinajstić information content (AvgIpc) is 3.39. The molecule has 1 aromatic carbocycles. The number of amides is 1. The second-order valence-electron chi connectivity index (χ2n) is 7.03. The molecule has 152 valence electrons. The van der Waals surface area contributed by atoms with Gasteiger partial charge in [-0.05, 0) is 36.2 Å². The number of nitrogens with zero attached hydrogens (tertiary/aromatic N) is 4. The van der Waals surface area contributed by atoms with E-state index in [0.717, 1.165) is 42.9 Å². The second kappa shape index (κ2) is 8.38. The Bertz CT molecular complexity index is 977. The third-order valence-corrected chi connectivity index (χ3v) is 5.12. The van der Waals surface area contributed by atoms with Crippen molar-refractivity contribution in [3.8, 4) is 17.3 Å². The number of carbonyl (C=O) groups is 1. The van der Waals surface area contributed by atoms with Gasteiger partial charge in [0.1, 0.15) is 11.4 Å². The largest absolute Gasteiger partial charge is 0.497 e. The molecule has 1 aliphatic rings. The summed E-state index contributed by atoms with van der Waals surface area (Å²) in [6.07, 6.45) is 2.10. The minimum Gasteiger partial charge on any atom is -0.497 e. The molecule has 0 radical (unpaired) electrons. The van der Waals surface area contributed by atoms with Crippen LogP contribution in [0.1, 0.15) is 35.8 Å². The van der Waals surface area contributed by atoms with Crippen LogP contribution in [0.3, 0.4) is 0 Å². The third-order valence-electron chi connectivity index (χ3n) is 5.12. The van der Waals surface area contributed by atoms with E-state index in [1.807, 2.05) is 45.9 Å². The Labute approximate surface area is 169 Å². The molecule has 0 atom stereocenters. The van der Waals surface area contributed by atoms with E-state index in [1.54, 1.807) is 7.11 Å². The molecule has 0 aliphatic carbocycles. The molecule has 8 nitrogen and oxygen atoms in total. The Kier molecular flexibility index (Phi) is 5.50. The van der Waals surface area contributed by atoms with E-state index in [0.29, 0.717) is 30.6 Å². The lowest BCUT2D eigenvalue weighted by molar-refractivity contribution is 0.0703. The first-order chi connectivity index (χ1) is 14.2. The number of methoxy groups -OCH3 is 1. The maximum absolute atomic E-state index is 12.7. The van der Waals surface area contributed by atoms with Crippen molar-refractivity contribution < 1.29 is 14.1 Å². The number of unbranched alkanes of at least 4 members (excludes halogenated alkanes) is 1. The van der Waals surface area contributed by atoms with Crippen LogP contribution in [0.4, 0.5) is 6.01 Å². The summed E-state index contributed by atoms with van der Waals surface area (Å²) in [5.41, 5.74) is 2.55. The van der Waals surface area contributed by atoms with E-state index in [4.69, 9.17) is 9.26 Å². The fourth-order valence-electron chi connectivity index (χ4n) is 3.46. The minimum atomic E-state index is 0.0669. The molecule has 0 bridgehead atoms. The Balaban J connectivity index is 1.44. The van der Waals surface area contributed by atoms with Crippen molar-refractivity contribution in [2.24, 2.45) is 0 Å². The van der Waals surface area contributed by atoms with Crippen LogP contribution in [0.5, 0.6) is 5.75 Å². The van der Waals surface area contributed by atoms with Crippen LogP contribution >= 0.6 is 0 Å². The normalized spacial score (nSPS) is 13.4. The molecule has 0 fully saturated rings. The van der Waals surface area contributed by atoms with Crippen LogP contribution in [-0.2, 0) is 13.1 Å². The Morgan fingerprint density at radius 2 is 1.93 bits per heavy atom. The van der Waals surface area contributed by atoms with Gasteiger partial charge in [0, 0.05) is 26.2 Å². The fraction of sp³-hybridized carbons (Fsp3) is 0.381. The second-order valence-corrected chi connectivity index (χ2v) is 7.03. The number of carbonyl (C=O) groups excluding carboxylic acids is 1. The Morgan fingerprint density at radius 1 is 1.14 bits per heavy atom. The standard InChI is InChI=1S/C21H25N5O3/c1-3-4-11-25-12-13-26-17(9-10-18(26)20(25)27)19-23-21(29-24-19)22-14-15-5-7-16(28-2)8-6-15/h5-10H,3-4,11-14H2,1-2H3,(H,22,23,24). The third kappa shape index (κ3) is 3.96. The quantitative estimate of drug-likeness (QED) is 0.629. The smallest absolute Gasteiger partial charge is 0.322 e. The molecule has 0 unspecified atom stereocenters. The summed E-state index contributed by atoms with van der Waals surface area (Å²) >= 11 is 0. The van der Waals surface area contributed by atoms with E-state index in [1.165, 1.54) is 0 Å². The predicted molar refractivity (Wildman–Crippen MR) is 109 cm³/mol. The predicted octanol–water partition coefficient (Wildman–Crippen LogP) is 3.41. The van der Waals surface area contributed by atoms with Crippen molar-refractivity contribution in [2.45, 2.75) is 32.9 Å². The van der Waals surface area contributed by atoms with Gasteiger partial charge in [-0.25, -0.2) is 0 Å². The van der Waals surface area contributed by atoms with Gasteiger partial charge in [-0.15, -0.1) is 0 Å². The van der Waals surface area contributed by atoms with Crippen LogP contribution < -0.4 is 10.1 Å². The maximum atomic E-state index is 12.7. The lowest BCUT2D eigenvalue weighted by Crippen LogP contribution is -2.40. The van der Waals surface area contributed by atoms with Gasteiger partial charge in [0.25, 0.3) is 5.91 Å². The monoisotopic (exact) mass is 395 g/mol. The molecule has 1 aliphatic heterocycles. The van der Waals surface area contributed by atoms with E-state index >= 15 is 0 Å². The first-order valence-electron chi connectivity index (χ1n) is 9.89. The van der Waals surface area contributed by atoms with Gasteiger partial charge in [-0.1, -0.05) is 30.6 Å². The highest BCUT2D eigenvalue weighted by Gasteiger charge is 2.27. The lowest BCUT2D eigenvalue weighted by Gasteiger charge is -2.29. The van der Waals surface area contributed by atoms with E-state index in [9.17, 15) is 4.79 Å². The van der Waals surface area contributed by atoms with Gasteiger partial charge in [-0.3, -0.25) is 4.79 Å². The van der Waals surface area contributed by atoms with E-state index in [-0.39, 0.29) is 5.91 Å². The number of nitrogens with one attached hydrogen (secondary N) is 1. The van der Waals surface area contributed by atoms with E-state index < -0.39 is 0 Å². The molecule has 1 amide bonds. The number of benzene rings is 1. The number of fused-ring (bicyclic) bond motifs is 1. The molecular formula is C21H25N5O3. The summed E-state index contributed by atoms with van der Waals surface area (Å²) in [6, 6.07) is 11.8. The van der Waals surface area contributed by atoms with Crippen LogP contribution in [0.2, 0.25) is 0 Å². The van der Waals surface area contributed by atoms with Crippen LogP contribution in [0.15, 0.2) is 40.9 Å². The van der Waals surface area contributed by atoms with Gasteiger partial charge in [0.2, 0.25) is 5.82 Å². The van der Waals surface area contributed by atoms with Crippen molar-refractivity contribution >= 4 is 11.9 Å². The average molecular weight is 395 g/mol. The van der Waals surface area contributed by atoms with Crippen molar-refractivity contribution in [3.63, 3.8) is 0 Å². The first-order valence-corrected chi connectivity index (χ1v) is 9.89. The van der Waals surface area contributed by atoms with Gasteiger partial charge in [0.15, 0.2) is 0 Å². The number of anilines is 1. The van der Waals surface area contributed by atoms with Crippen molar-refractivity contribution in [2.75, 3.05) is 25.5 Å². The molecule has 1 N–H and O–H groups in total. The SMILES string of the molecule is CCCCN1CCn2c(ccc2-c2noc(NCc3ccc(OC)cc3)n2)C1=O. The zero-order valence-electron chi connectivity index (χ0n) is 16.7. The van der Waals surface area contributed by atoms with Crippen LogP contribution in [0, 0.1) is 0 Å².